The van der Waals surface area contributed by atoms with Gasteiger partial charge in [0.15, 0.2) is 0 Å². The number of hydrogen-bond donors (Lipinski definition) is 1. The number of hydrazone groups is 1. The Morgan fingerprint density at radius 2 is 1.81 bits per heavy atom. The fourth-order valence-electron chi connectivity index (χ4n) is 2.68. The van der Waals surface area contributed by atoms with Gasteiger partial charge in [-0.25, -0.2) is 0 Å². The van der Waals surface area contributed by atoms with Crippen LogP contribution in [0.2, 0.25) is 0 Å². The molecule has 0 bridgehead atoms. The van der Waals surface area contributed by atoms with Crippen LogP contribution >= 0.6 is 0 Å². The zero-order chi connectivity index (χ0) is 19.6. The van der Waals surface area contributed by atoms with E-state index >= 15 is 0 Å². The number of aryl methyl sites for hydroxylation is 1. The number of unbranched alkanes of at least 4 members (excludes halogenated alkanes) is 3. The number of nitrogens with zero attached hydrogens (tertiary/aromatic N) is 3. The van der Waals surface area contributed by atoms with E-state index in [1.807, 2.05) is 24.3 Å². The van der Waals surface area contributed by atoms with Crippen LogP contribution in [0.1, 0.15) is 43.7 Å². The van der Waals surface area contributed by atoms with Crippen LogP contribution in [0, 0.1) is 20.2 Å². The van der Waals surface area contributed by atoms with Gasteiger partial charge in [0.2, 0.25) is 0 Å². The largest absolute Gasteiger partial charge is 0.301 e. The number of rotatable bonds is 10. The zero-order valence-electron chi connectivity index (χ0n) is 15.1. The molecule has 142 valence electrons. The van der Waals surface area contributed by atoms with Crippen molar-refractivity contribution in [1.29, 1.82) is 0 Å². The smallest absolute Gasteiger partial charge is 0.272 e. The first kappa shape index (κ1) is 20.0. The normalized spacial score (nSPS) is 10.9. The Morgan fingerprint density at radius 3 is 2.52 bits per heavy atom. The minimum Gasteiger partial charge on any atom is -0.272 e. The minimum atomic E-state index is -0.674. The van der Waals surface area contributed by atoms with Crippen LogP contribution in [0.15, 0.2) is 47.6 Å². The van der Waals surface area contributed by atoms with Crippen LogP contribution < -0.4 is 5.43 Å². The van der Waals surface area contributed by atoms with Crippen LogP contribution in [0.3, 0.4) is 0 Å². The quantitative estimate of drug-likeness (QED) is 0.271. The molecule has 0 aromatic heterocycles. The van der Waals surface area contributed by atoms with Gasteiger partial charge < -0.3 is 0 Å². The fraction of sp³-hybridized carbons (Fsp3) is 0.316. The predicted octanol–water partition coefficient (Wildman–Crippen LogP) is 5.07. The molecule has 2 aromatic rings. The third-order valence-corrected chi connectivity index (χ3v) is 4.13. The Kier molecular flexibility index (Phi) is 7.42. The Balaban J connectivity index is 2.11. The molecule has 8 nitrogen and oxygen atoms in total. The third kappa shape index (κ3) is 5.88. The predicted molar refractivity (Wildman–Crippen MR) is 105 cm³/mol. The summed E-state index contributed by atoms with van der Waals surface area (Å²) in [5, 5.41) is 26.0. The lowest BCUT2D eigenvalue weighted by atomic mass is 10.0. The molecule has 1 N–H and O–H groups in total. The maximum absolute atomic E-state index is 11.1. The molecule has 0 heterocycles. The van der Waals surface area contributed by atoms with Crippen molar-refractivity contribution >= 4 is 23.3 Å². The molecule has 0 saturated carbocycles. The van der Waals surface area contributed by atoms with Crippen molar-refractivity contribution in [2.24, 2.45) is 5.10 Å². The molecule has 0 aliphatic carbocycles. The van der Waals surface area contributed by atoms with Gasteiger partial charge in [-0.05, 0) is 30.0 Å². The van der Waals surface area contributed by atoms with Crippen LogP contribution in [0.4, 0.5) is 17.1 Å². The Morgan fingerprint density at radius 1 is 1.04 bits per heavy atom. The second-order valence-electron chi connectivity index (χ2n) is 6.10. The van der Waals surface area contributed by atoms with Gasteiger partial charge >= 0.3 is 5.69 Å². The van der Waals surface area contributed by atoms with Gasteiger partial charge in [0, 0.05) is 6.07 Å². The molecule has 0 aliphatic rings. The molecule has 0 aliphatic heterocycles. The van der Waals surface area contributed by atoms with E-state index in [1.54, 1.807) is 6.21 Å². The summed E-state index contributed by atoms with van der Waals surface area (Å²) in [4.78, 5) is 20.6. The summed E-state index contributed by atoms with van der Waals surface area (Å²) in [6.45, 7) is 2.17. The molecule has 0 saturated heterocycles. The number of benzene rings is 2. The van der Waals surface area contributed by atoms with Crippen LogP contribution in [0.5, 0.6) is 0 Å². The Hall–Kier alpha value is -3.29. The zero-order valence-corrected chi connectivity index (χ0v) is 15.1. The highest BCUT2D eigenvalue weighted by molar-refractivity contribution is 5.82. The van der Waals surface area contributed by atoms with Crippen molar-refractivity contribution in [3.63, 3.8) is 0 Å². The fourth-order valence-corrected chi connectivity index (χ4v) is 2.68. The van der Waals surface area contributed by atoms with Crippen molar-refractivity contribution < 1.29 is 9.85 Å². The average Bonchev–Trinajstić information content (AvgIpc) is 2.66. The molecule has 0 amide bonds. The maximum Gasteiger partial charge on any atom is 0.301 e. The van der Waals surface area contributed by atoms with Gasteiger partial charge in [0.1, 0.15) is 5.69 Å². The summed E-state index contributed by atoms with van der Waals surface area (Å²) >= 11 is 0. The summed E-state index contributed by atoms with van der Waals surface area (Å²) in [7, 11) is 0. The highest BCUT2D eigenvalue weighted by Crippen LogP contribution is 2.28. The lowest BCUT2D eigenvalue weighted by molar-refractivity contribution is -0.393. The summed E-state index contributed by atoms with van der Waals surface area (Å²) in [5.41, 5.74) is 4.08. The van der Waals surface area contributed by atoms with Crippen molar-refractivity contribution in [2.45, 2.75) is 39.0 Å². The number of nitrogens with one attached hydrogen (secondary N) is 1. The summed E-state index contributed by atoms with van der Waals surface area (Å²) in [6.07, 6.45) is 7.22. The number of anilines is 1. The molecular formula is C19H22N4O4. The van der Waals surface area contributed by atoms with E-state index in [0.717, 1.165) is 30.0 Å². The van der Waals surface area contributed by atoms with Gasteiger partial charge in [-0.3, -0.25) is 25.7 Å². The van der Waals surface area contributed by atoms with Gasteiger partial charge in [-0.15, -0.1) is 0 Å². The van der Waals surface area contributed by atoms with E-state index in [9.17, 15) is 20.2 Å². The molecule has 2 aromatic carbocycles. The SMILES string of the molecule is CCCCCCc1ccccc1/C=N/Nc1ccc([N+](=O)[O-])cc1[N+](=O)[O-]. The number of non-ortho nitro benzene ring substituents is 1. The number of nitro groups is 2. The second kappa shape index (κ2) is 10.0. The van der Waals surface area contributed by atoms with Crippen molar-refractivity contribution in [3.05, 3.63) is 73.8 Å². The van der Waals surface area contributed by atoms with Crippen LogP contribution in [-0.4, -0.2) is 16.1 Å². The molecule has 0 fully saturated rings. The first-order valence-corrected chi connectivity index (χ1v) is 8.82. The van der Waals surface area contributed by atoms with E-state index in [2.05, 4.69) is 17.5 Å². The van der Waals surface area contributed by atoms with E-state index in [-0.39, 0.29) is 11.4 Å². The molecule has 2 rings (SSSR count). The van der Waals surface area contributed by atoms with Gasteiger partial charge in [0.25, 0.3) is 5.69 Å². The lowest BCUT2D eigenvalue weighted by Crippen LogP contribution is -1.99. The first-order valence-electron chi connectivity index (χ1n) is 8.82. The first-order chi connectivity index (χ1) is 13.0. The Labute approximate surface area is 157 Å². The van der Waals surface area contributed by atoms with E-state index in [4.69, 9.17) is 0 Å². The molecular weight excluding hydrogens is 348 g/mol. The van der Waals surface area contributed by atoms with Crippen LogP contribution in [0.25, 0.3) is 0 Å². The molecule has 8 heteroatoms. The van der Waals surface area contributed by atoms with E-state index < -0.39 is 15.5 Å². The average molecular weight is 370 g/mol. The standard InChI is InChI=1S/C19H22N4O4/c1-2-3-4-5-8-15-9-6-7-10-16(15)14-20-21-18-12-11-17(22(24)25)13-19(18)23(26)27/h6-7,9-14,21H,2-5,8H2,1H3/b20-14+. The van der Waals surface area contributed by atoms with E-state index in [1.165, 1.54) is 31.4 Å². The second-order valence-corrected chi connectivity index (χ2v) is 6.10. The monoisotopic (exact) mass is 370 g/mol. The molecule has 0 unspecified atom stereocenters. The van der Waals surface area contributed by atoms with Crippen molar-refractivity contribution in [3.8, 4) is 0 Å². The topological polar surface area (TPSA) is 111 Å². The van der Waals surface area contributed by atoms with Gasteiger partial charge in [-0.1, -0.05) is 50.5 Å². The highest BCUT2D eigenvalue weighted by Gasteiger charge is 2.19. The summed E-state index contributed by atoms with van der Waals surface area (Å²) < 4.78 is 0. The molecule has 0 atom stereocenters. The number of nitro benzene ring substituents is 2. The van der Waals surface area contributed by atoms with Gasteiger partial charge in [0.05, 0.1) is 22.1 Å². The third-order valence-electron chi connectivity index (χ3n) is 4.13. The summed E-state index contributed by atoms with van der Waals surface area (Å²) in [6, 6.07) is 11.3. The molecule has 27 heavy (non-hydrogen) atoms. The Bertz CT molecular complexity index is 836. The maximum atomic E-state index is 11.1. The molecule has 0 spiro atoms. The van der Waals surface area contributed by atoms with Crippen molar-refractivity contribution in [1.82, 2.24) is 0 Å². The molecule has 0 radical (unpaired) electrons. The van der Waals surface area contributed by atoms with Gasteiger partial charge in [-0.2, -0.15) is 5.10 Å². The van der Waals surface area contributed by atoms with Crippen LogP contribution in [-0.2, 0) is 6.42 Å². The minimum absolute atomic E-state index is 0.0993. The van der Waals surface area contributed by atoms with E-state index in [0.29, 0.717) is 0 Å². The summed E-state index contributed by atoms with van der Waals surface area (Å²) in [5.74, 6) is 0. The number of hydrogen-bond acceptors (Lipinski definition) is 6. The lowest BCUT2D eigenvalue weighted by Gasteiger charge is -2.06. The highest BCUT2D eigenvalue weighted by atomic mass is 16.6. The van der Waals surface area contributed by atoms with Crippen molar-refractivity contribution in [2.75, 3.05) is 5.43 Å².